The molecule has 3 aliphatic carbocycles. The highest BCUT2D eigenvalue weighted by Gasteiger charge is 2.70. The van der Waals surface area contributed by atoms with Gasteiger partial charge in [0.2, 0.25) is 0 Å². The number of hydrogen-bond donors (Lipinski definition) is 3. The van der Waals surface area contributed by atoms with Gasteiger partial charge in [-0.15, -0.1) is 0 Å². The predicted molar refractivity (Wildman–Crippen MR) is 144 cm³/mol. The summed E-state index contributed by atoms with van der Waals surface area (Å²) in [7, 11) is 3.60. The molecular weight excluding hydrogens is 440 g/mol. The number of carbonyl (C=O) groups is 1. The van der Waals surface area contributed by atoms with Crippen LogP contribution in [0.1, 0.15) is 25.7 Å². The number of allylic oxidation sites excluding steroid dienone is 1. The zero-order chi connectivity index (χ0) is 24.8. The minimum atomic E-state index is -0.113. The molecule has 4 unspecified atom stereocenters. The molecule has 4 aliphatic rings. The van der Waals surface area contributed by atoms with Crippen molar-refractivity contribution in [1.29, 1.82) is 0 Å². The van der Waals surface area contributed by atoms with Gasteiger partial charge in [-0.3, -0.25) is 19.7 Å². The van der Waals surface area contributed by atoms with Gasteiger partial charge < -0.3 is 20.6 Å². The zero-order valence-electron chi connectivity index (χ0n) is 21.1. The van der Waals surface area contributed by atoms with Crippen LogP contribution in [0.15, 0.2) is 46.0 Å². The summed E-state index contributed by atoms with van der Waals surface area (Å²) >= 11 is 0. The number of β-amino-alcohol motifs (C(OH)–C–C–N with tert-alkyl or cyclic N) is 1. The molecule has 35 heavy (non-hydrogen) atoms. The maximum Gasteiger partial charge on any atom is 0.270 e. The molecular formula is C27H40N6O2. The van der Waals surface area contributed by atoms with Crippen molar-refractivity contribution < 1.29 is 9.90 Å². The lowest BCUT2D eigenvalue weighted by Crippen LogP contribution is -2.47. The Bertz CT molecular complexity index is 933. The molecule has 3 saturated carbocycles. The number of nitrogens with one attached hydrogen (secondary N) is 2. The quantitative estimate of drug-likeness (QED) is 0.393. The standard InChI is InChI=1S/C14H19N3O.C13H21N3O/c1-15-6-4-11(16-2)13(18)17-12-7-9-8-14(9)5-3-10(12)14;1-14-12-2-4-13(5-3-12)16-8-6-15(7-9-16)10-11-17/h4,6,9-10,12H,2-3,5,7-8H2,1H3,(H,17,18);2-5,14,17H,6-11H2,1H3/b11-4-,15-6?;. The van der Waals surface area contributed by atoms with E-state index in [1.54, 1.807) is 19.3 Å². The van der Waals surface area contributed by atoms with Gasteiger partial charge in [0.05, 0.1) is 6.61 Å². The highest BCUT2D eigenvalue weighted by Crippen LogP contribution is 2.75. The summed E-state index contributed by atoms with van der Waals surface area (Å²) in [5.74, 6) is 1.48. The number of nitrogens with zero attached hydrogens (tertiary/aromatic N) is 4. The van der Waals surface area contributed by atoms with Crippen LogP contribution in [0.4, 0.5) is 11.4 Å². The number of aliphatic imine (C=N–C) groups is 2. The van der Waals surface area contributed by atoms with Gasteiger partial charge >= 0.3 is 0 Å². The van der Waals surface area contributed by atoms with Crippen molar-refractivity contribution in [2.45, 2.75) is 31.7 Å². The van der Waals surface area contributed by atoms with E-state index >= 15 is 0 Å². The highest BCUT2D eigenvalue weighted by molar-refractivity contribution is 5.97. The summed E-state index contributed by atoms with van der Waals surface area (Å²) < 4.78 is 0. The van der Waals surface area contributed by atoms with Crippen LogP contribution in [0, 0.1) is 17.3 Å². The van der Waals surface area contributed by atoms with Crippen LogP contribution in [0.3, 0.4) is 0 Å². The van der Waals surface area contributed by atoms with Crippen LogP contribution < -0.4 is 15.5 Å². The van der Waals surface area contributed by atoms with Crippen molar-refractivity contribution >= 4 is 30.2 Å². The lowest BCUT2D eigenvalue weighted by molar-refractivity contribution is -0.118. The summed E-state index contributed by atoms with van der Waals surface area (Å²) in [5.41, 5.74) is 3.42. The molecule has 1 heterocycles. The lowest BCUT2D eigenvalue weighted by Gasteiger charge is -2.38. The second-order valence-corrected chi connectivity index (χ2v) is 10.1. The van der Waals surface area contributed by atoms with Crippen LogP contribution in [0.25, 0.3) is 0 Å². The molecule has 4 fully saturated rings. The topological polar surface area (TPSA) is 92.6 Å². The molecule has 4 atom stereocenters. The minimum absolute atomic E-state index is 0.113. The minimum Gasteiger partial charge on any atom is -0.395 e. The Labute approximate surface area is 209 Å². The molecule has 0 bridgehead atoms. The average Bonchev–Trinajstić information content (AvgIpc) is 3.57. The number of hydrogen-bond acceptors (Lipinski definition) is 7. The van der Waals surface area contributed by atoms with E-state index in [9.17, 15) is 4.79 Å². The molecule has 1 amide bonds. The third-order valence-corrected chi connectivity index (χ3v) is 8.37. The fourth-order valence-corrected chi connectivity index (χ4v) is 6.19. The van der Waals surface area contributed by atoms with Crippen molar-refractivity contribution in [3.8, 4) is 0 Å². The van der Waals surface area contributed by atoms with E-state index in [1.807, 2.05) is 7.05 Å². The predicted octanol–water partition coefficient (Wildman–Crippen LogP) is 2.42. The summed E-state index contributed by atoms with van der Waals surface area (Å²) in [6, 6.07) is 8.89. The number of aliphatic hydroxyl groups excluding tert-OH is 1. The highest BCUT2D eigenvalue weighted by atomic mass is 16.3. The van der Waals surface area contributed by atoms with Gasteiger partial charge in [-0.25, -0.2) is 0 Å². The van der Waals surface area contributed by atoms with Gasteiger partial charge in [-0.2, -0.15) is 0 Å². The number of carbonyl (C=O) groups excluding carboxylic acids is 1. The lowest BCUT2D eigenvalue weighted by atomic mass is 9.69. The van der Waals surface area contributed by atoms with E-state index in [4.69, 9.17) is 5.11 Å². The fourth-order valence-electron chi connectivity index (χ4n) is 6.19. The first-order valence-electron chi connectivity index (χ1n) is 12.8. The molecule has 8 heteroatoms. The Kier molecular flexibility index (Phi) is 8.23. The third-order valence-electron chi connectivity index (χ3n) is 8.37. The van der Waals surface area contributed by atoms with Crippen LogP contribution in [0.5, 0.6) is 0 Å². The second-order valence-electron chi connectivity index (χ2n) is 10.1. The van der Waals surface area contributed by atoms with Gasteiger partial charge in [-0.05, 0) is 80.0 Å². The molecule has 1 aromatic rings. The molecule has 1 spiro atoms. The van der Waals surface area contributed by atoms with Crippen molar-refractivity contribution in [2.24, 2.45) is 27.2 Å². The number of rotatable bonds is 8. The third kappa shape index (κ3) is 5.59. The number of anilines is 2. The monoisotopic (exact) mass is 480 g/mol. The largest absolute Gasteiger partial charge is 0.395 e. The second kappa shape index (κ2) is 11.4. The number of aliphatic hydroxyl groups is 1. The average molecular weight is 481 g/mol. The van der Waals surface area contributed by atoms with E-state index in [0.717, 1.165) is 56.7 Å². The van der Waals surface area contributed by atoms with Crippen LogP contribution >= 0.6 is 0 Å². The SMILES string of the molecule is C=N/C(=C\C=NC)C(=O)NC1CC2CC23CCC13.CNc1ccc(N2CCN(CCO)CC2)cc1. The molecule has 190 valence electrons. The van der Waals surface area contributed by atoms with E-state index in [-0.39, 0.29) is 12.5 Å². The first-order chi connectivity index (χ1) is 17.0. The molecule has 5 rings (SSSR count). The Morgan fingerprint density at radius 2 is 2.00 bits per heavy atom. The molecule has 1 aromatic carbocycles. The van der Waals surface area contributed by atoms with Gasteiger partial charge in [0.15, 0.2) is 0 Å². The maximum atomic E-state index is 12.1. The van der Waals surface area contributed by atoms with Crippen molar-refractivity contribution in [2.75, 3.05) is 63.6 Å². The molecule has 0 aromatic heterocycles. The summed E-state index contributed by atoms with van der Waals surface area (Å²) in [5, 5.41) is 15.1. The fraction of sp³-hybridized carbons (Fsp3) is 0.593. The van der Waals surface area contributed by atoms with Gasteiger partial charge in [-0.1, -0.05) is 0 Å². The van der Waals surface area contributed by atoms with Crippen molar-refractivity contribution in [3.05, 3.63) is 36.0 Å². The summed E-state index contributed by atoms with van der Waals surface area (Å²) in [6.07, 6.45) is 8.38. The summed E-state index contributed by atoms with van der Waals surface area (Å²) in [6.45, 7) is 8.65. The van der Waals surface area contributed by atoms with Crippen LogP contribution in [0.2, 0.25) is 0 Å². The zero-order valence-corrected chi connectivity index (χ0v) is 21.1. The van der Waals surface area contributed by atoms with Crippen molar-refractivity contribution in [3.63, 3.8) is 0 Å². The Morgan fingerprint density at radius 1 is 1.26 bits per heavy atom. The number of amides is 1. The van der Waals surface area contributed by atoms with E-state index in [2.05, 4.69) is 61.4 Å². The number of piperazine rings is 1. The van der Waals surface area contributed by atoms with Gasteiger partial charge in [0.25, 0.3) is 5.91 Å². The Hall–Kier alpha value is -2.71. The van der Waals surface area contributed by atoms with E-state index in [0.29, 0.717) is 17.2 Å². The Balaban J connectivity index is 0.000000165. The van der Waals surface area contributed by atoms with E-state index < -0.39 is 0 Å². The normalized spacial score (nSPS) is 29.4. The summed E-state index contributed by atoms with van der Waals surface area (Å²) in [4.78, 5) is 24.3. The molecule has 1 saturated heterocycles. The molecule has 0 radical (unpaired) electrons. The van der Waals surface area contributed by atoms with Crippen LogP contribution in [-0.4, -0.2) is 88.3 Å². The number of benzene rings is 1. The van der Waals surface area contributed by atoms with Gasteiger partial charge in [0.1, 0.15) is 5.70 Å². The molecule has 8 nitrogen and oxygen atoms in total. The van der Waals surface area contributed by atoms with Crippen molar-refractivity contribution in [1.82, 2.24) is 10.2 Å². The van der Waals surface area contributed by atoms with Crippen LogP contribution in [-0.2, 0) is 4.79 Å². The smallest absolute Gasteiger partial charge is 0.270 e. The Morgan fingerprint density at radius 3 is 2.54 bits per heavy atom. The van der Waals surface area contributed by atoms with Gasteiger partial charge in [0, 0.05) is 70.5 Å². The first-order valence-corrected chi connectivity index (χ1v) is 12.8. The van der Waals surface area contributed by atoms with E-state index in [1.165, 1.54) is 24.9 Å². The maximum absolute atomic E-state index is 12.1. The molecule has 3 N–H and O–H groups in total. The molecule has 1 aliphatic heterocycles. The first kappa shape index (κ1) is 25.4.